The van der Waals surface area contributed by atoms with Crippen molar-refractivity contribution in [2.45, 2.75) is 76.9 Å². The van der Waals surface area contributed by atoms with Gasteiger partial charge in [0.15, 0.2) is 12.1 Å². The van der Waals surface area contributed by atoms with Gasteiger partial charge < -0.3 is 10.2 Å². The van der Waals surface area contributed by atoms with Crippen molar-refractivity contribution < 1.29 is 19.8 Å². The molecule has 4 nitrogen and oxygen atoms in total. The largest absolute Gasteiger partial charge is 0.365 e. The molecule has 0 aromatic rings. The fraction of sp³-hybridized carbons (Fsp3) is 0.857. The molecule has 0 radical (unpaired) electrons. The van der Waals surface area contributed by atoms with Gasteiger partial charge in [-0.2, -0.15) is 0 Å². The van der Waals surface area contributed by atoms with E-state index in [1.54, 1.807) is 0 Å². The SMILES string of the molecule is CCCCCCCCCCC(O)(O)CC(=O)C=O. The lowest BCUT2D eigenvalue weighted by molar-refractivity contribution is -0.176. The third-order valence-electron chi connectivity index (χ3n) is 3.02. The van der Waals surface area contributed by atoms with E-state index < -0.39 is 18.0 Å². The maximum Gasteiger partial charge on any atom is 0.200 e. The van der Waals surface area contributed by atoms with E-state index in [2.05, 4.69) is 6.92 Å². The summed E-state index contributed by atoms with van der Waals surface area (Å²) in [6, 6.07) is 0. The van der Waals surface area contributed by atoms with Crippen molar-refractivity contribution in [3.05, 3.63) is 0 Å². The molecule has 0 aromatic heterocycles. The van der Waals surface area contributed by atoms with Gasteiger partial charge in [-0.05, 0) is 6.42 Å². The standard InChI is InChI=1S/C14H26O4/c1-2-3-4-5-6-7-8-9-10-14(17,18)11-13(16)12-15/h12,17-18H,2-11H2,1H3. The maximum absolute atomic E-state index is 10.8. The van der Waals surface area contributed by atoms with Crippen molar-refractivity contribution in [1.82, 2.24) is 0 Å². The highest BCUT2D eigenvalue weighted by Gasteiger charge is 2.25. The summed E-state index contributed by atoms with van der Waals surface area (Å²) in [6.07, 6.45) is 8.70. The van der Waals surface area contributed by atoms with Crippen molar-refractivity contribution in [3.63, 3.8) is 0 Å². The van der Waals surface area contributed by atoms with Gasteiger partial charge in [0.05, 0.1) is 6.42 Å². The summed E-state index contributed by atoms with van der Waals surface area (Å²) in [7, 11) is 0. The van der Waals surface area contributed by atoms with Crippen LogP contribution in [0.3, 0.4) is 0 Å². The van der Waals surface area contributed by atoms with Crippen LogP contribution in [-0.4, -0.2) is 28.1 Å². The van der Waals surface area contributed by atoms with E-state index in [0.29, 0.717) is 6.42 Å². The van der Waals surface area contributed by atoms with Gasteiger partial charge in [0, 0.05) is 6.42 Å². The average Bonchev–Trinajstić information content (AvgIpc) is 2.31. The molecule has 0 aromatic carbocycles. The van der Waals surface area contributed by atoms with Crippen LogP contribution in [-0.2, 0) is 9.59 Å². The Hall–Kier alpha value is -0.740. The minimum atomic E-state index is -2.01. The number of unbranched alkanes of at least 4 members (excludes halogenated alkanes) is 7. The van der Waals surface area contributed by atoms with Crippen LogP contribution in [0.5, 0.6) is 0 Å². The Morgan fingerprint density at radius 1 is 1.00 bits per heavy atom. The monoisotopic (exact) mass is 258 g/mol. The molecule has 0 rings (SSSR count). The van der Waals surface area contributed by atoms with Crippen molar-refractivity contribution >= 4 is 12.1 Å². The van der Waals surface area contributed by atoms with Gasteiger partial charge in [-0.25, -0.2) is 0 Å². The smallest absolute Gasteiger partial charge is 0.200 e. The molecule has 0 aliphatic rings. The van der Waals surface area contributed by atoms with Gasteiger partial charge in [0.1, 0.15) is 0 Å². The third-order valence-corrected chi connectivity index (χ3v) is 3.02. The Balaban J connectivity index is 3.46. The van der Waals surface area contributed by atoms with Gasteiger partial charge in [0.2, 0.25) is 5.78 Å². The molecule has 0 bridgehead atoms. The molecule has 0 aliphatic carbocycles. The average molecular weight is 258 g/mol. The highest BCUT2D eigenvalue weighted by Crippen LogP contribution is 2.17. The topological polar surface area (TPSA) is 74.6 Å². The van der Waals surface area contributed by atoms with Crippen LogP contribution in [0.1, 0.15) is 71.1 Å². The molecule has 0 aliphatic heterocycles. The number of aliphatic hydroxyl groups is 2. The molecule has 0 saturated heterocycles. The maximum atomic E-state index is 10.8. The van der Waals surface area contributed by atoms with E-state index in [1.165, 1.54) is 32.1 Å². The first kappa shape index (κ1) is 17.3. The quantitative estimate of drug-likeness (QED) is 0.244. The highest BCUT2D eigenvalue weighted by molar-refractivity contribution is 6.25. The second kappa shape index (κ2) is 10.2. The lowest BCUT2D eigenvalue weighted by Gasteiger charge is -2.19. The second-order valence-electron chi connectivity index (χ2n) is 4.97. The van der Waals surface area contributed by atoms with E-state index in [9.17, 15) is 19.8 Å². The van der Waals surface area contributed by atoms with Crippen LogP contribution in [0.4, 0.5) is 0 Å². The first-order valence-corrected chi connectivity index (χ1v) is 6.94. The van der Waals surface area contributed by atoms with E-state index in [1.807, 2.05) is 0 Å². The molecule has 0 unspecified atom stereocenters. The zero-order valence-corrected chi connectivity index (χ0v) is 11.4. The van der Waals surface area contributed by atoms with Gasteiger partial charge in [-0.1, -0.05) is 51.9 Å². The Morgan fingerprint density at radius 3 is 2.00 bits per heavy atom. The van der Waals surface area contributed by atoms with Crippen LogP contribution < -0.4 is 0 Å². The van der Waals surface area contributed by atoms with Crippen molar-refractivity contribution in [1.29, 1.82) is 0 Å². The number of carbonyl (C=O) groups excluding carboxylic acids is 2. The van der Waals surface area contributed by atoms with Gasteiger partial charge >= 0.3 is 0 Å². The molecular weight excluding hydrogens is 232 g/mol. The minimum Gasteiger partial charge on any atom is -0.365 e. The molecular formula is C14H26O4. The molecule has 0 fully saturated rings. The van der Waals surface area contributed by atoms with Crippen LogP contribution >= 0.6 is 0 Å². The molecule has 0 saturated carbocycles. The van der Waals surface area contributed by atoms with Crippen molar-refractivity contribution in [2.75, 3.05) is 0 Å². The van der Waals surface area contributed by atoms with Gasteiger partial charge in [-0.3, -0.25) is 9.59 Å². The predicted octanol–water partition coefficient (Wildman–Crippen LogP) is 2.36. The number of hydrogen-bond acceptors (Lipinski definition) is 4. The number of Topliss-reactive ketones (excluding diaryl/α,β-unsaturated/α-hetero) is 1. The number of hydrogen-bond donors (Lipinski definition) is 2. The van der Waals surface area contributed by atoms with Gasteiger partial charge in [0.25, 0.3) is 0 Å². The number of ketones is 1. The lowest BCUT2D eigenvalue weighted by Crippen LogP contribution is -2.31. The summed E-state index contributed by atoms with van der Waals surface area (Å²) in [5.74, 6) is -2.78. The summed E-state index contributed by atoms with van der Waals surface area (Å²) < 4.78 is 0. The molecule has 0 spiro atoms. The molecule has 0 heterocycles. The molecule has 18 heavy (non-hydrogen) atoms. The Labute approximate surface area is 109 Å². The van der Waals surface area contributed by atoms with E-state index in [0.717, 1.165) is 12.8 Å². The summed E-state index contributed by atoms with van der Waals surface area (Å²) in [4.78, 5) is 20.9. The summed E-state index contributed by atoms with van der Waals surface area (Å²) in [5, 5.41) is 18.9. The molecule has 2 N–H and O–H groups in total. The summed E-state index contributed by atoms with van der Waals surface area (Å²) >= 11 is 0. The Morgan fingerprint density at radius 2 is 1.50 bits per heavy atom. The molecule has 0 atom stereocenters. The summed E-state index contributed by atoms with van der Waals surface area (Å²) in [5.41, 5.74) is 0. The van der Waals surface area contributed by atoms with E-state index in [4.69, 9.17) is 0 Å². The third kappa shape index (κ3) is 10.4. The van der Waals surface area contributed by atoms with Crippen LogP contribution in [0, 0.1) is 0 Å². The molecule has 4 heteroatoms. The van der Waals surface area contributed by atoms with Crippen LogP contribution in [0.25, 0.3) is 0 Å². The number of aldehydes is 1. The van der Waals surface area contributed by atoms with Crippen LogP contribution in [0.15, 0.2) is 0 Å². The zero-order valence-electron chi connectivity index (χ0n) is 11.4. The molecule has 106 valence electrons. The van der Waals surface area contributed by atoms with Crippen LogP contribution in [0.2, 0.25) is 0 Å². The Kier molecular flexibility index (Phi) is 9.79. The predicted molar refractivity (Wildman–Crippen MR) is 70.1 cm³/mol. The first-order valence-electron chi connectivity index (χ1n) is 6.94. The van der Waals surface area contributed by atoms with E-state index in [-0.39, 0.29) is 12.7 Å². The first-order chi connectivity index (χ1) is 8.52. The fourth-order valence-electron chi connectivity index (χ4n) is 1.95. The van der Waals surface area contributed by atoms with Gasteiger partial charge in [-0.15, -0.1) is 0 Å². The Bertz CT molecular complexity index is 236. The number of carbonyl (C=O) groups is 2. The van der Waals surface area contributed by atoms with Crippen molar-refractivity contribution in [3.8, 4) is 0 Å². The second-order valence-corrected chi connectivity index (χ2v) is 4.97. The highest BCUT2D eigenvalue weighted by atomic mass is 16.5. The normalized spacial score (nSPS) is 11.5. The minimum absolute atomic E-state index is 0.134. The molecule has 0 amide bonds. The summed E-state index contributed by atoms with van der Waals surface area (Å²) in [6.45, 7) is 2.18. The van der Waals surface area contributed by atoms with E-state index >= 15 is 0 Å². The number of rotatable bonds is 12. The van der Waals surface area contributed by atoms with Crippen molar-refractivity contribution in [2.24, 2.45) is 0 Å². The lowest BCUT2D eigenvalue weighted by atomic mass is 10.0. The zero-order chi connectivity index (χ0) is 13.9. The fourth-order valence-corrected chi connectivity index (χ4v) is 1.95.